The summed E-state index contributed by atoms with van der Waals surface area (Å²) < 4.78 is 10.2. The van der Waals surface area contributed by atoms with Crippen molar-refractivity contribution in [3.63, 3.8) is 0 Å². The minimum atomic E-state index is -1.08. The number of aromatic carboxylic acids is 1. The van der Waals surface area contributed by atoms with Crippen LogP contribution < -0.4 is 15.0 Å². The summed E-state index contributed by atoms with van der Waals surface area (Å²) in [5.41, 5.74) is 1.57. The zero-order chi connectivity index (χ0) is 22.4. The zero-order valence-electron chi connectivity index (χ0n) is 17.5. The van der Waals surface area contributed by atoms with E-state index in [0.29, 0.717) is 55.5 Å². The zero-order valence-corrected chi connectivity index (χ0v) is 17.5. The van der Waals surface area contributed by atoms with Crippen LogP contribution in [0.4, 0.5) is 16.2 Å². The van der Waals surface area contributed by atoms with E-state index in [4.69, 9.17) is 9.47 Å². The van der Waals surface area contributed by atoms with Crippen LogP contribution in [0.5, 0.6) is 5.75 Å². The fourth-order valence-corrected chi connectivity index (χ4v) is 3.33. The first-order valence-electron chi connectivity index (χ1n) is 9.92. The van der Waals surface area contributed by atoms with Gasteiger partial charge >= 0.3 is 12.1 Å². The molecule has 0 bridgehead atoms. The highest BCUT2D eigenvalue weighted by molar-refractivity contribution is 6.06. The average Bonchev–Trinajstić information content (AvgIpc) is 2.79. The van der Waals surface area contributed by atoms with Gasteiger partial charge in [-0.15, -0.1) is 0 Å². The summed E-state index contributed by atoms with van der Waals surface area (Å²) in [5.74, 6) is -0.820. The maximum Gasteiger partial charge on any atom is 0.409 e. The number of nitrogens with zero attached hydrogens (tertiary/aromatic N) is 2. The van der Waals surface area contributed by atoms with Gasteiger partial charge in [-0.1, -0.05) is 0 Å². The maximum absolute atomic E-state index is 12.8. The van der Waals surface area contributed by atoms with Crippen LogP contribution in [0, 0.1) is 0 Å². The van der Waals surface area contributed by atoms with E-state index >= 15 is 0 Å². The molecule has 0 aliphatic carbocycles. The SMILES string of the molecule is CCOC(=O)N1CCN(c2ccc(C(=O)O)cc2NC(=O)c2ccc(OC)cc2)CC1. The molecule has 31 heavy (non-hydrogen) atoms. The van der Waals surface area contributed by atoms with Crippen molar-refractivity contribution in [2.24, 2.45) is 0 Å². The lowest BCUT2D eigenvalue weighted by atomic mass is 10.1. The van der Waals surface area contributed by atoms with Gasteiger partial charge in [-0.25, -0.2) is 9.59 Å². The van der Waals surface area contributed by atoms with Crippen molar-refractivity contribution in [2.75, 3.05) is 50.1 Å². The molecule has 1 heterocycles. The molecular formula is C22H25N3O6. The molecule has 0 radical (unpaired) electrons. The predicted molar refractivity (Wildman–Crippen MR) is 115 cm³/mol. The van der Waals surface area contributed by atoms with Gasteiger partial charge in [0, 0.05) is 31.7 Å². The highest BCUT2D eigenvalue weighted by Gasteiger charge is 2.24. The van der Waals surface area contributed by atoms with E-state index in [1.54, 1.807) is 49.3 Å². The van der Waals surface area contributed by atoms with Crippen LogP contribution in [-0.4, -0.2) is 67.9 Å². The van der Waals surface area contributed by atoms with E-state index in [9.17, 15) is 19.5 Å². The van der Waals surface area contributed by atoms with E-state index in [2.05, 4.69) is 5.32 Å². The van der Waals surface area contributed by atoms with Gasteiger partial charge < -0.3 is 29.7 Å². The number of hydrogen-bond donors (Lipinski definition) is 2. The fourth-order valence-electron chi connectivity index (χ4n) is 3.33. The number of amides is 2. The number of carboxylic acid groups (broad SMARTS) is 1. The van der Waals surface area contributed by atoms with Crippen LogP contribution in [-0.2, 0) is 4.74 Å². The average molecular weight is 427 g/mol. The Labute approximate surface area is 180 Å². The molecule has 2 N–H and O–H groups in total. The Morgan fingerprint density at radius 3 is 2.23 bits per heavy atom. The molecule has 9 heteroatoms. The Morgan fingerprint density at radius 2 is 1.65 bits per heavy atom. The van der Waals surface area contributed by atoms with Crippen LogP contribution >= 0.6 is 0 Å². The number of hydrogen-bond acceptors (Lipinski definition) is 6. The number of nitrogens with one attached hydrogen (secondary N) is 1. The third-order valence-corrected chi connectivity index (χ3v) is 4.99. The summed E-state index contributed by atoms with van der Waals surface area (Å²) in [6.07, 6.45) is -0.351. The van der Waals surface area contributed by atoms with Gasteiger partial charge in [0.1, 0.15) is 5.75 Å². The molecule has 9 nitrogen and oxygen atoms in total. The maximum atomic E-state index is 12.8. The molecule has 1 aliphatic rings. The van der Waals surface area contributed by atoms with Gasteiger partial charge in [0.05, 0.1) is 30.7 Å². The van der Waals surface area contributed by atoms with Gasteiger partial charge in [-0.2, -0.15) is 0 Å². The number of piperazine rings is 1. The Kier molecular flexibility index (Phi) is 6.96. The van der Waals surface area contributed by atoms with Gasteiger partial charge in [-0.05, 0) is 49.4 Å². The van der Waals surface area contributed by atoms with Crippen molar-refractivity contribution in [1.82, 2.24) is 4.90 Å². The molecule has 0 aromatic heterocycles. The van der Waals surface area contributed by atoms with Crippen LogP contribution in [0.25, 0.3) is 0 Å². The minimum Gasteiger partial charge on any atom is -0.497 e. The molecule has 2 aromatic carbocycles. The monoisotopic (exact) mass is 427 g/mol. The smallest absolute Gasteiger partial charge is 0.409 e. The predicted octanol–water partition coefficient (Wildman–Crippen LogP) is 2.92. The number of ether oxygens (including phenoxy) is 2. The Bertz CT molecular complexity index is 952. The van der Waals surface area contributed by atoms with E-state index in [0.717, 1.165) is 0 Å². The molecule has 1 aliphatic heterocycles. The molecule has 1 fully saturated rings. The molecule has 3 rings (SSSR count). The van der Waals surface area contributed by atoms with Gasteiger partial charge in [0.25, 0.3) is 5.91 Å². The molecule has 0 unspecified atom stereocenters. The summed E-state index contributed by atoms with van der Waals surface area (Å²) in [5, 5.41) is 12.2. The summed E-state index contributed by atoms with van der Waals surface area (Å²) in [6.45, 7) is 4.05. The molecule has 0 saturated carbocycles. The molecule has 2 amide bonds. The number of anilines is 2. The molecule has 1 saturated heterocycles. The number of carbonyl (C=O) groups is 3. The Morgan fingerprint density at radius 1 is 1.00 bits per heavy atom. The normalized spacial score (nSPS) is 13.5. The van der Waals surface area contributed by atoms with Gasteiger partial charge in [0.15, 0.2) is 0 Å². The number of methoxy groups -OCH3 is 1. The molecule has 2 aromatic rings. The highest BCUT2D eigenvalue weighted by Crippen LogP contribution is 2.29. The third-order valence-electron chi connectivity index (χ3n) is 4.99. The lowest BCUT2D eigenvalue weighted by Crippen LogP contribution is -2.49. The number of carboxylic acids is 1. The second-order valence-electron chi connectivity index (χ2n) is 6.89. The number of benzene rings is 2. The second-order valence-corrected chi connectivity index (χ2v) is 6.89. The van der Waals surface area contributed by atoms with Crippen molar-refractivity contribution < 1.29 is 29.0 Å². The van der Waals surface area contributed by atoms with Crippen molar-refractivity contribution in [3.05, 3.63) is 53.6 Å². The number of carbonyl (C=O) groups excluding carboxylic acids is 2. The van der Waals surface area contributed by atoms with Crippen LogP contribution in [0.3, 0.4) is 0 Å². The first-order chi connectivity index (χ1) is 14.9. The van der Waals surface area contributed by atoms with Crippen molar-refractivity contribution in [2.45, 2.75) is 6.92 Å². The largest absolute Gasteiger partial charge is 0.497 e. The third kappa shape index (κ3) is 5.25. The second kappa shape index (κ2) is 9.84. The summed E-state index contributed by atoms with van der Waals surface area (Å²) >= 11 is 0. The first-order valence-corrected chi connectivity index (χ1v) is 9.92. The van der Waals surface area contributed by atoms with Crippen LogP contribution in [0.2, 0.25) is 0 Å². The summed E-state index contributed by atoms with van der Waals surface area (Å²) in [6, 6.07) is 11.2. The van der Waals surface area contributed by atoms with E-state index in [1.807, 2.05) is 4.90 Å². The van der Waals surface area contributed by atoms with Gasteiger partial charge in [-0.3, -0.25) is 4.79 Å². The minimum absolute atomic E-state index is 0.0685. The summed E-state index contributed by atoms with van der Waals surface area (Å²) in [7, 11) is 1.54. The summed E-state index contributed by atoms with van der Waals surface area (Å²) in [4.78, 5) is 39.8. The van der Waals surface area contributed by atoms with Crippen LogP contribution in [0.1, 0.15) is 27.6 Å². The number of rotatable bonds is 6. The Balaban J connectivity index is 1.80. The van der Waals surface area contributed by atoms with Crippen molar-refractivity contribution in [1.29, 1.82) is 0 Å². The molecule has 0 atom stereocenters. The first kappa shape index (κ1) is 21.9. The van der Waals surface area contributed by atoms with Crippen molar-refractivity contribution in [3.8, 4) is 5.75 Å². The topological polar surface area (TPSA) is 108 Å². The quantitative estimate of drug-likeness (QED) is 0.730. The van der Waals surface area contributed by atoms with Gasteiger partial charge in [0.2, 0.25) is 0 Å². The lowest BCUT2D eigenvalue weighted by molar-refractivity contribution is 0.0696. The van der Waals surface area contributed by atoms with E-state index < -0.39 is 5.97 Å². The fraction of sp³-hybridized carbons (Fsp3) is 0.318. The van der Waals surface area contributed by atoms with E-state index in [-0.39, 0.29) is 17.6 Å². The highest BCUT2D eigenvalue weighted by atomic mass is 16.6. The van der Waals surface area contributed by atoms with Crippen LogP contribution in [0.15, 0.2) is 42.5 Å². The molecular weight excluding hydrogens is 402 g/mol. The molecule has 0 spiro atoms. The molecule has 164 valence electrons. The van der Waals surface area contributed by atoms with Crippen molar-refractivity contribution >= 4 is 29.3 Å². The van der Waals surface area contributed by atoms with E-state index in [1.165, 1.54) is 12.1 Å². The lowest BCUT2D eigenvalue weighted by Gasteiger charge is -2.36. The standard InChI is InChI=1S/C22H25N3O6/c1-3-31-22(29)25-12-10-24(11-13-25)19-9-6-16(21(27)28)14-18(19)23-20(26)15-4-7-17(30-2)8-5-15/h4-9,14H,3,10-13H2,1-2H3,(H,23,26)(H,27,28). The Hall–Kier alpha value is -3.75.